The van der Waals surface area contributed by atoms with Crippen molar-refractivity contribution in [2.45, 2.75) is 11.3 Å². The molecular formula is C15H12ClN2O2S-. The molecule has 4 nitrogen and oxygen atoms in total. The van der Waals surface area contributed by atoms with Gasteiger partial charge in [-0.25, -0.2) is 0 Å². The summed E-state index contributed by atoms with van der Waals surface area (Å²) in [6.45, 7) is 0.776. The maximum atomic E-state index is 10.8. The maximum Gasteiger partial charge on any atom is 0.0700 e. The number of hydrogen-bond donors (Lipinski definition) is 0. The van der Waals surface area contributed by atoms with Gasteiger partial charge in [0, 0.05) is 22.9 Å². The van der Waals surface area contributed by atoms with E-state index in [0.717, 1.165) is 29.9 Å². The van der Waals surface area contributed by atoms with Gasteiger partial charge in [0.25, 0.3) is 0 Å². The van der Waals surface area contributed by atoms with Crippen molar-refractivity contribution in [3.63, 3.8) is 0 Å². The van der Waals surface area contributed by atoms with Gasteiger partial charge in [-0.3, -0.25) is 9.22 Å². The third-order valence-electron chi connectivity index (χ3n) is 3.31. The highest BCUT2D eigenvalue weighted by molar-refractivity contribution is 7.79. The summed E-state index contributed by atoms with van der Waals surface area (Å²) in [7, 11) is 0. The molecule has 0 amide bonds. The van der Waals surface area contributed by atoms with Gasteiger partial charge in [0.1, 0.15) is 0 Å². The first-order valence-corrected chi connectivity index (χ1v) is 7.89. The average molecular weight is 320 g/mol. The van der Waals surface area contributed by atoms with Crippen molar-refractivity contribution in [1.29, 1.82) is 0 Å². The normalized spacial score (nSPS) is 15.9. The topological polar surface area (TPSA) is 55.7 Å². The first kappa shape index (κ1) is 14.3. The lowest BCUT2D eigenvalue weighted by Gasteiger charge is -2.14. The zero-order valence-electron chi connectivity index (χ0n) is 11.0. The minimum absolute atomic E-state index is 0.278. The molecule has 1 atom stereocenters. The Hall–Kier alpha value is -1.69. The molecule has 0 spiro atoms. The van der Waals surface area contributed by atoms with E-state index >= 15 is 0 Å². The monoisotopic (exact) mass is 319 g/mol. The standard InChI is InChI=1S/C15H13ClN2O2S/c16-12-3-1-11(2-4-12)15-9-10-18(17-15)13-5-7-14(8-6-13)21(19)20/h1-8H,9-10H2,(H,19,20)/p-1. The quantitative estimate of drug-likeness (QED) is 0.816. The van der Waals surface area contributed by atoms with Crippen LogP contribution < -0.4 is 5.01 Å². The summed E-state index contributed by atoms with van der Waals surface area (Å²) in [5, 5.41) is 7.17. The fourth-order valence-electron chi connectivity index (χ4n) is 2.22. The first-order valence-electron chi connectivity index (χ1n) is 6.44. The van der Waals surface area contributed by atoms with Crippen molar-refractivity contribution in [3.05, 3.63) is 59.1 Å². The van der Waals surface area contributed by atoms with Crippen LogP contribution in [0.3, 0.4) is 0 Å². The molecular weight excluding hydrogens is 308 g/mol. The van der Waals surface area contributed by atoms with Gasteiger partial charge in [0.2, 0.25) is 0 Å². The molecule has 0 saturated carbocycles. The molecule has 1 heterocycles. The van der Waals surface area contributed by atoms with Crippen molar-refractivity contribution in [3.8, 4) is 0 Å². The van der Waals surface area contributed by atoms with Crippen LogP contribution in [-0.4, -0.2) is 21.0 Å². The second kappa shape index (κ2) is 5.97. The summed E-state index contributed by atoms with van der Waals surface area (Å²) in [5.41, 5.74) is 2.94. The summed E-state index contributed by atoms with van der Waals surface area (Å²) in [6.07, 6.45) is 0.844. The van der Waals surface area contributed by atoms with Crippen LogP contribution in [0.15, 0.2) is 58.5 Å². The number of nitrogens with zero attached hydrogens (tertiary/aromatic N) is 2. The maximum absolute atomic E-state index is 10.8. The van der Waals surface area contributed by atoms with E-state index in [1.54, 1.807) is 24.3 Å². The third kappa shape index (κ3) is 3.15. The highest BCUT2D eigenvalue weighted by Crippen LogP contribution is 2.23. The molecule has 0 aromatic heterocycles. The number of benzene rings is 2. The number of anilines is 1. The molecule has 0 fully saturated rings. The van der Waals surface area contributed by atoms with E-state index < -0.39 is 11.1 Å². The SMILES string of the molecule is O=S([O-])c1ccc(N2CCC(c3ccc(Cl)cc3)=N2)cc1. The Bertz CT molecular complexity index is 699. The zero-order chi connectivity index (χ0) is 14.8. The average Bonchev–Trinajstić information content (AvgIpc) is 2.98. The van der Waals surface area contributed by atoms with Crippen LogP contribution in [0.5, 0.6) is 0 Å². The molecule has 1 aliphatic heterocycles. The van der Waals surface area contributed by atoms with Gasteiger partial charge >= 0.3 is 0 Å². The Morgan fingerprint density at radius 1 is 1.10 bits per heavy atom. The predicted molar refractivity (Wildman–Crippen MR) is 83.6 cm³/mol. The van der Waals surface area contributed by atoms with E-state index in [2.05, 4.69) is 5.10 Å². The fourth-order valence-corrected chi connectivity index (χ4v) is 2.70. The van der Waals surface area contributed by atoms with Crippen molar-refractivity contribution >= 4 is 34.1 Å². The van der Waals surface area contributed by atoms with E-state index in [9.17, 15) is 8.76 Å². The molecule has 6 heteroatoms. The summed E-state index contributed by atoms with van der Waals surface area (Å²) >= 11 is 3.69. The second-order valence-electron chi connectivity index (χ2n) is 4.66. The minimum Gasteiger partial charge on any atom is -0.768 e. The Balaban J connectivity index is 1.81. The van der Waals surface area contributed by atoms with Crippen LogP contribution in [0.4, 0.5) is 5.69 Å². The number of hydrogen-bond acceptors (Lipinski definition) is 4. The van der Waals surface area contributed by atoms with E-state index in [0.29, 0.717) is 5.02 Å². The molecule has 1 unspecified atom stereocenters. The van der Waals surface area contributed by atoms with Crippen molar-refractivity contribution in [1.82, 2.24) is 0 Å². The number of hydrazone groups is 1. The molecule has 0 radical (unpaired) electrons. The van der Waals surface area contributed by atoms with Crippen LogP contribution in [0.1, 0.15) is 12.0 Å². The molecule has 0 bridgehead atoms. The summed E-state index contributed by atoms with van der Waals surface area (Å²) in [5.74, 6) is 0. The van der Waals surface area contributed by atoms with Crippen molar-refractivity contribution in [2.75, 3.05) is 11.6 Å². The molecule has 108 valence electrons. The lowest BCUT2D eigenvalue weighted by atomic mass is 10.1. The Morgan fingerprint density at radius 2 is 1.76 bits per heavy atom. The van der Waals surface area contributed by atoms with E-state index in [-0.39, 0.29) is 4.90 Å². The molecule has 0 saturated heterocycles. The molecule has 2 aromatic carbocycles. The van der Waals surface area contributed by atoms with Crippen LogP contribution >= 0.6 is 11.6 Å². The van der Waals surface area contributed by atoms with Crippen LogP contribution in [0, 0.1) is 0 Å². The lowest BCUT2D eigenvalue weighted by Crippen LogP contribution is -2.11. The van der Waals surface area contributed by atoms with Gasteiger partial charge in [0.15, 0.2) is 0 Å². The predicted octanol–water partition coefficient (Wildman–Crippen LogP) is 3.19. The fraction of sp³-hybridized carbons (Fsp3) is 0.133. The summed E-state index contributed by atoms with van der Waals surface area (Å²) in [6, 6.07) is 14.3. The van der Waals surface area contributed by atoms with Gasteiger partial charge in [-0.15, -0.1) is 0 Å². The third-order valence-corrected chi connectivity index (χ3v) is 4.22. The Morgan fingerprint density at radius 3 is 2.38 bits per heavy atom. The van der Waals surface area contributed by atoms with E-state index in [1.807, 2.05) is 29.3 Å². The molecule has 1 aliphatic rings. The highest BCUT2D eigenvalue weighted by Gasteiger charge is 2.17. The van der Waals surface area contributed by atoms with Gasteiger partial charge in [-0.1, -0.05) is 23.7 Å². The van der Waals surface area contributed by atoms with Crippen LogP contribution in [0.25, 0.3) is 0 Å². The highest BCUT2D eigenvalue weighted by atomic mass is 35.5. The van der Waals surface area contributed by atoms with Crippen LogP contribution in [0.2, 0.25) is 5.02 Å². The van der Waals surface area contributed by atoms with Crippen LogP contribution in [-0.2, 0) is 11.1 Å². The zero-order valence-corrected chi connectivity index (χ0v) is 12.6. The molecule has 0 aliphatic carbocycles. The van der Waals surface area contributed by atoms with E-state index in [4.69, 9.17) is 11.6 Å². The number of halogens is 1. The molecule has 21 heavy (non-hydrogen) atoms. The minimum atomic E-state index is -2.19. The van der Waals surface area contributed by atoms with Crippen molar-refractivity contribution in [2.24, 2.45) is 5.10 Å². The van der Waals surface area contributed by atoms with Gasteiger partial charge in [-0.2, -0.15) is 5.10 Å². The Labute approximate surface area is 130 Å². The molecule has 2 aromatic rings. The van der Waals surface area contributed by atoms with Gasteiger partial charge in [-0.05, 0) is 53.0 Å². The van der Waals surface area contributed by atoms with Gasteiger partial charge in [0.05, 0.1) is 11.4 Å². The summed E-state index contributed by atoms with van der Waals surface area (Å²) in [4.78, 5) is 0.278. The first-order chi connectivity index (χ1) is 10.1. The largest absolute Gasteiger partial charge is 0.768 e. The smallest absolute Gasteiger partial charge is 0.0700 e. The van der Waals surface area contributed by atoms with Gasteiger partial charge < -0.3 is 4.55 Å². The lowest BCUT2D eigenvalue weighted by molar-refractivity contribution is 0.537. The summed E-state index contributed by atoms with van der Waals surface area (Å²) < 4.78 is 21.7. The second-order valence-corrected chi connectivity index (χ2v) is 6.03. The van der Waals surface area contributed by atoms with Crippen molar-refractivity contribution < 1.29 is 8.76 Å². The van der Waals surface area contributed by atoms with E-state index in [1.165, 1.54) is 0 Å². The molecule has 3 rings (SSSR count). The Kier molecular flexibility index (Phi) is 4.05. The number of rotatable bonds is 3. The molecule has 0 N–H and O–H groups in total.